The molecule has 0 amide bonds. The second kappa shape index (κ2) is 13.3. The van der Waals surface area contributed by atoms with Crippen LogP contribution in [0.15, 0.2) is 120 Å². The lowest BCUT2D eigenvalue weighted by Gasteiger charge is -2.42. The van der Waals surface area contributed by atoms with E-state index in [0.717, 1.165) is 39.4 Å². The van der Waals surface area contributed by atoms with E-state index in [1.54, 1.807) is 0 Å². The molecule has 6 aromatic carbocycles. The summed E-state index contributed by atoms with van der Waals surface area (Å²) in [7, 11) is 0. The maximum absolute atomic E-state index is 7.27. The molecule has 5 heteroatoms. The van der Waals surface area contributed by atoms with Crippen molar-refractivity contribution in [2.75, 3.05) is 4.90 Å². The van der Waals surface area contributed by atoms with Crippen molar-refractivity contribution in [1.82, 2.24) is 9.55 Å². The summed E-state index contributed by atoms with van der Waals surface area (Å²) >= 11 is 0. The summed E-state index contributed by atoms with van der Waals surface area (Å²) < 4.78 is 9.64. The third-order valence-corrected chi connectivity index (χ3v) is 14.5. The van der Waals surface area contributed by atoms with E-state index in [-0.39, 0.29) is 16.9 Å². The highest BCUT2D eigenvalue weighted by Gasteiger charge is 2.51. The summed E-state index contributed by atoms with van der Waals surface area (Å²) in [5.41, 5.74) is 22.1. The molecule has 4 heterocycles. The Kier molecular flexibility index (Phi) is 8.30. The molecule has 0 spiro atoms. The predicted octanol–water partition coefficient (Wildman–Crippen LogP) is 14.8. The van der Waals surface area contributed by atoms with Crippen LogP contribution in [0.4, 0.5) is 17.1 Å². The van der Waals surface area contributed by atoms with Gasteiger partial charge >= 0.3 is 0 Å². The van der Waals surface area contributed by atoms with Gasteiger partial charge < -0.3 is 9.64 Å². The van der Waals surface area contributed by atoms with E-state index in [1.807, 2.05) is 6.20 Å². The highest BCUT2D eigenvalue weighted by Crippen LogP contribution is 2.58. The standard InChI is InChI=1S/C58H56N4O/c1-32-23-36(5)52-42(25-32)54-58(12,45-26-33(2)24-37(6)53(45)52)60-55(63-54)40-30-48(35(4)27-34(40)3)61-47-20-16-14-18-43(47)57(10,11)44-29-41-39-17-13-15-19-46(39)62(49(41)31-50(44)61)51-28-38(21-22-59-51)56(7,8)9/h13-31,54H,1-12H3/t54-,58+/m0/s1. The van der Waals surface area contributed by atoms with Gasteiger partial charge in [-0.25, -0.2) is 9.98 Å². The van der Waals surface area contributed by atoms with Crippen molar-refractivity contribution in [2.24, 2.45) is 4.99 Å². The van der Waals surface area contributed by atoms with Crippen molar-refractivity contribution in [3.05, 3.63) is 182 Å². The Morgan fingerprint density at radius 1 is 0.587 bits per heavy atom. The van der Waals surface area contributed by atoms with E-state index in [9.17, 15) is 0 Å². The molecule has 0 fully saturated rings. The highest BCUT2D eigenvalue weighted by molar-refractivity contribution is 6.11. The molecule has 5 nitrogen and oxygen atoms in total. The Morgan fingerprint density at radius 3 is 2.08 bits per heavy atom. The minimum Gasteiger partial charge on any atom is -0.466 e. The number of ether oxygens (including phenoxy) is 1. The van der Waals surface area contributed by atoms with Gasteiger partial charge in [-0.2, -0.15) is 0 Å². The number of pyridine rings is 1. The Balaban J connectivity index is 1.15. The summed E-state index contributed by atoms with van der Waals surface area (Å²) in [6.45, 7) is 27.2. The van der Waals surface area contributed by atoms with Gasteiger partial charge in [0.15, 0.2) is 6.10 Å². The van der Waals surface area contributed by atoms with Crippen molar-refractivity contribution >= 4 is 44.8 Å². The molecule has 0 radical (unpaired) electrons. The van der Waals surface area contributed by atoms with Crippen molar-refractivity contribution in [3.63, 3.8) is 0 Å². The van der Waals surface area contributed by atoms with Crippen molar-refractivity contribution in [1.29, 1.82) is 0 Å². The van der Waals surface area contributed by atoms with E-state index in [0.29, 0.717) is 5.90 Å². The number of nitrogens with zero attached hydrogens (tertiary/aromatic N) is 4. The first kappa shape index (κ1) is 39.4. The van der Waals surface area contributed by atoms with Gasteiger partial charge in [-0.3, -0.25) is 4.57 Å². The zero-order chi connectivity index (χ0) is 44.1. The molecule has 2 aliphatic heterocycles. The zero-order valence-corrected chi connectivity index (χ0v) is 38.7. The molecule has 2 atom stereocenters. The number of benzene rings is 6. The average molecular weight is 825 g/mol. The summed E-state index contributed by atoms with van der Waals surface area (Å²) in [6.07, 6.45) is 1.71. The second-order valence-electron chi connectivity index (χ2n) is 20.4. The van der Waals surface area contributed by atoms with E-state index in [4.69, 9.17) is 14.7 Å². The molecule has 0 saturated carbocycles. The van der Waals surface area contributed by atoms with Crippen molar-refractivity contribution in [3.8, 4) is 16.9 Å². The molecule has 2 aromatic heterocycles. The lowest BCUT2D eigenvalue weighted by molar-refractivity contribution is 0.145. The third-order valence-electron chi connectivity index (χ3n) is 14.5. The molecule has 1 aliphatic carbocycles. The third kappa shape index (κ3) is 5.60. The van der Waals surface area contributed by atoms with Crippen molar-refractivity contribution in [2.45, 2.75) is 106 Å². The van der Waals surface area contributed by atoms with Crippen LogP contribution in [0.3, 0.4) is 0 Å². The number of rotatable bonds is 3. The maximum atomic E-state index is 7.27. The molecule has 0 unspecified atom stereocenters. The largest absolute Gasteiger partial charge is 0.466 e. The van der Waals surface area contributed by atoms with E-state index >= 15 is 0 Å². The number of fused-ring (bicyclic) bond motifs is 11. The average Bonchev–Trinajstić information content (AvgIpc) is 3.76. The summed E-state index contributed by atoms with van der Waals surface area (Å²) in [6, 6.07) is 41.0. The van der Waals surface area contributed by atoms with Gasteiger partial charge in [0, 0.05) is 39.2 Å². The Bertz CT molecular complexity index is 3320. The number of hydrogen-bond donors (Lipinski definition) is 0. The van der Waals surface area contributed by atoms with Crippen LogP contribution >= 0.6 is 0 Å². The van der Waals surface area contributed by atoms with Crippen molar-refractivity contribution < 1.29 is 4.74 Å². The smallest absolute Gasteiger partial charge is 0.218 e. The molecule has 0 bridgehead atoms. The van der Waals surface area contributed by atoms with Crippen LogP contribution in [0.1, 0.15) is 114 Å². The monoisotopic (exact) mass is 824 g/mol. The summed E-state index contributed by atoms with van der Waals surface area (Å²) in [5, 5.41) is 2.45. The fraction of sp³-hybridized carbons (Fsp3) is 0.276. The van der Waals surface area contributed by atoms with Gasteiger partial charge in [0.05, 0.1) is 22.4 Å². The molecule has 0 saturated heterocycles. The lowest BCUT2D eigenvalue weighted by Crippen LogP contribution is -2.31. The number of anilines is 3. The fourth-order valence-electron chi connectivity index (χ4n) is 11.4. The fourth-order valence-corrected chi connectivity index (χ4v) is 11.4. The molecule has 8 aromatic rings. The second-order valence-corrected chi connectivity index (χ2v) is 20.4. The Morgan fingerprint density at radius 2 is 1.30 bits per heavy atom. The summed E-state index contributed by atoms with van der Waals surface area (Å²) in [4.78, 5) is 13.2. The number of aliphatic imine (C=N–C) groups is 1. The zero-order valence-electron chi connectivity index (χ0n) is 38.7. The number of hydrogen-bond acceptors (Lipinski definition) is 4. The van der Waals surface area contributed by atoms with Crippen LogP contribution in [-0.4, -0.2) is 15.4 Å². The minimum absolute atomic E-state index is 0.0219. The molecule has 3 aliphatic rings. The highest BCUT2D eigenvalue weighted by atomic mass is 16.5. The first-order chi connectivity index (χ1) is 30.0. The van der Waals surface area contributed by atoms with Gasteiger partial charge in [0.2, 0.25) is 5.90 Å². The van der Waals surface area contributed by atoms with E-state index < -0.39 is 5.54 Å². The van der Waals surface area contributed by atoms with Crippen LogP contribution in [0.2, 0.25) is 0 Å². The van der Waals surface area contributed by atoms with Gasteiger partial charge in [0.1, 0.15) is 11.4 Å². The van der Waals surface area contributed by atoms with Crippen LogP contribution in [-0.2, 0) is 21.1 Å². The Labute approximate surface area is 372 Å². The number of aromatic nitrogens is 2. The molecule has 0 N–H and O–H groups in total. The van der Waals surface area contributed by atoms with Crippen LogP contribution < -0.4 is 4.90 Å². The lowest BCUT2D eigenvalue weighted by atomic mass is 9.70. The predicted molar refractivity (Wildman–Crippen MR) is 262 cm³/mol. The molecule has 11 rings (SSSR count). The van der Waals surface area contributed by atoms with Crippen LogP contribution in [0.25, 0.3) is 38.8 Å². The van der Waals surface area contributed by atoms with Crippen LogP contribution in [0, 0.1) is 41.5 Å². The van der Waals surface area contributed by atoms with Crippen LogP contribution in [0.5, 0.6) is 0 Å². The topological polar surface area (TPSA) is 42.6 Å². The molecular weight excluding hydrogens is 769 g/mol. The van der Waals surface area contributed by atoms with Gasteiger partial charge in [-0.15, -0.1) is 0 Å². The normalized spacial score (nSPS) is 18.4. The Hall–Kier alpha value is -6.46. The first-order valence-electron chi connectivity index (χ1n) is 22.5. The van der Waals surface area contributed by atoms with E-state index in [1.165, 1.54) is 83.2 Å². The molecule has 63 heavy (non-hydrogen) atoms. The molecular formula is C58H56N4O. The number of aryl methyl sites for hydroxylation is 6. The number of para-hydroxylation sites is 2. The minimum atomic E-state index is -0.599. The SMILES string of the molecule is Cc1cc(C)c2c(c1)[C@@H]1OC(c3cc(N4c5ccccc5C(C)(C)c5cc6c7ccccc7n(-c7cc(C(C)(C)C)ccn7)c6cc54)c(C)cc3C)=N[C@]1(C)c1cc(C)cc(C)c1-2. The van der Waals surface area contributed by atoms with Gasteiger partial charge in [-0.05, 0) is 152 Å². The van der Waals surface area contributed by atoms with E-state index in [2.05, 4.69) is 202 Å². The maximum Gasteiger partial charge on any atom is 0.218 e. The van der Waals surface area contributed by atoms with Gasteiger partial charge in [0.25, 0.3) is 0 Å². The quantitative estimate of drug-likeness (QED) is 0.178. The summed E-state index contributed by atoms with van der Waals surface area (Å²) in [5.74, 6) is 1.62. The first-order valence-corrected chi connectivity index (χ1v) is 22.5. The van der Waals surface area contributed by atoms with Gasteiger partial charge in [-0.1, -0.05) is 112 Å². The molecule has 314 valence electrons.